The quantitative estimate of drug-likeness (QED) is 0.442. The van der Waals surface area contributed by atoms with Crippen LogP contribution in [0.1, 0.15) is 37.5 Å². The predicted octanol–water partition coefficient (Wildman–Crippen LogP) is 4.98. The minimum absolute atomic E-state index is 0.194. The van der Waals surface area contributed by atoms with Crippen LogP contribution in [0.5, 0.6) is 5.75 Å². The van der Waals surface area contributed by atoms with E-state index in [2.05, 4.69) is 10.3 Å². The number of aromatic nitrogens is 2. The second kappa shape index (κ2) is 8.89. The van der Waals surface area contributed by atoms with Gasteiger partial charge in [-0.2, -0.15) is 0 Å². The number of ketones is 1. The molecule has 0 atom stereocenters. The van der Waals surface area contributed by atoms with Gasteiger partial charge in [0.1, 0.15) is 5.75 Å². The summed E-state index contributed by atoms with van der Waals surface area (Å²) < 4.78 is 7.29. The summed E-state index contributed by atoms with van der Waals surface area (Å²) in [7, 11) is 1.59. The number of carbonyl (C=O) groups is 2. The number of carbonyl (C=O) groups excluding carboxylic acids is 2. The maximum absolute atomic E-state index is 13.1. The second-order valence-corrected chi connectivity index (χ2v) is 7.50. The molecule has 1 heterocycles. The van der Waals surface area contributed by atoms with Crippen LogP contribution in [0.3, 0.4) is 0 Å². The van der Waals surface area contributed by atoms with Crippen molar-refractivity contribution in [2.24, 2.45) is 0 Å². The second-order valence-electron chi connectivity index (χ2n) is 7.50. The van der Waals surface area contributed by atoms with Gasteiger partial charge in [0.05, 0.1) is 30.4 Å². The molecular weight excluding hydrogens is 402 g/mol. The van der Waals surface area contributed by atoms with Gasteiger partial charge in [0.2, 0.25) is 0 Å². The predicted molar refractivity (Wildman–Crippen MR) is 124 cm³/mol. The van der Waals surface area contributed by atoms with Crippen molar-refractivity contribution in [2.45, 2.75) is 13.8 Å². The summed E-state index contributed by atoms with van der Waals surface area (Å²) in [6.07, 6.45) is 3.56. The summed E-state index contributed by atoms with van der Waals surface area (Å²) >= 11 is 0. The van der Waals surface area contributed by atoms with Gasteiger partial charge in [0.15, 0.2) is 5.78 Å². The molecule has 1 N–H and O–H groups in total. The van der Waals surface area contributed by atoms with Gasteiger partial charge in [-0.05, 0) is 38.1 Å². The fraction of sp³-hybridized carbons (Fsp3) is 0.115. The minimum Gasteiger partial charge on any atom is -0.495 e. The zero-order valence-electron chi connectivity index (χ0n) is 18.1. The Morgan fingerprint density at radius 2 is 1.66 bits per heavy atom. The number of methoxy groups -OCH3 is 1. The SMILES string of the molecule is COc1ccc(NC(=O)c2ccccc2C(=O)c2ccc(C)cc2)cc1-n1cnc(C)c1. The van der Waals surface area contributed by atoms with Crippen LogP contribution < -0.4 is 10.1 Å². The smallest absolute Gasteiger partial charge is 0.256 e. The minimum atomic E-state index is -0.362. The molecule has 0 aliphatic heterocycles. The molecule has 6 heteroatoms. The van der Waals surface area contributed by atoms with Crippen LogP contribution in [0, 0.1) is 13.8 Å². The fourth-order valence-corrected chi connectivity index (χ4v) is 3.46. The summed E-state index contributed by atoms with van der Waals surface area (Å²) in [5, 5.41) is 2.90. The molecule has 0 bridgehead atoms. The molecule has 0 radical (unpaired) electrons. The third kappa shape index (κ3) is 4.30. The van der Waals surface area contributed by atoms with Gasteiger partial charge in [-0.15, -0.1) is 0 Å². The van der Waals surface area contributed by atoms with Crippen LogP contribution >= 0.6 is 0 Å². The Morgan fingerprint density at radius 1 is 0.938 bits per heavy atom. The lowest BCUT2D eigenvalue weighted by Crippen LogP contribution is -2.17. The lowest BCUT2D eigenvalue weighted by atomic mass is 9.97. The molecule has 0 aliphatic rings. The van der Waals surface area contributed by atoms with E-state index in [1.165, 1.54) is 0 Å². The van der Waals surface area contributed by atoms with Crippen molar-refractivity contribution >= 4 is 17.4 Å². The number of nitrogens with zero attached hydrogens (tertiary/aromatic N) is 2. The number of aryl methyl sites for hydroxylation is 2. The Labute approximate surface area is 186 Å². The molecule has 0 fully saturated rings. The number of benzene rings is 3. The largest absolute Gasteiger partial charge is 0.495 e. The molecule has 4 rings (SSSR count). The maximum atomic E-state index is 13.1. The van der Waals surface area contributed by atoms with Crippen molar-refractivity contribution in [3.05, 3.63) is 107 Å². The summed E-state index contributed by atoms with van der Waals surface area (Å²) in [4.78, 5) is 30.4. The monoisotopic (exact) mass is 425 g/mol. The van der Waals surface area contributed by atoms with Crippen LogP contribution in [0.2, 0.25) is 0 Å². The van der Waals surface area contributed by atoms with Gasteiger partial charge in [-0.1, -0.05) is 48.0 Å². The first-order chi connectivity index (χ1) is 15.5. The highest BCUT2D eigenvalue weighted by Gasteiger charge is 2.19. The van der Waals surface area contributed by atoms with Crippen molar-refractivity contribution in [3.8, 4) is 11.4 Å². The van der Waals surface area contributed by atoms with E-state index in [0.717, 1.165) is 16.9 Å². The number of rotatable bonds is 6. The first-order valence-electron chi connectivity index (χ1n) is 10.2. The van der Waals surface area contributed by atoms with Crippen LogP contribution in [-0.4, -0.2) is 28.4 Å². The number of hydrogen-bond donors (Lipinski definition) is 1. The summed E-state index contributed by atoms with van der Waals surface area (Å²) in [5.41, 5.74) is 4.46. The van der Waals surface area contributed by atoms with Crippen molar-refractivity contribution in [2.75, 3.05) is 12.4 Å². The average Bonchev–Trinajstić information content (AvgIpc) is 3.25. The lowest BCUT2D eigenvalue weighted by molar-refractivity contribution is 0.0996. The number of hydrogen-bond acceptors (Lipinski definition) is 4. The van der Waals surface area contributed by atoms with Gasteiger partial charge >= 0.3 is 0 Å². The van der Waals surface area contributed by atoms with E-state index in [9.17, 15) is 9.59 Å². The Balaban J connectivity index is 1.64. The summed E-state index contributed by atoms with van der Waals surface area (Å²) in [6.45, 7) is 3.86. The lowest BCUT2D eigenvalue weighted by Gasteiger charge is -2.13. The first-order valence-corrected chi connectivity index (χ1v) is 10.2. The van der Waals surface area contributed by atoms with E-state index in [1.54, 1.807) is 62.0 Å². The highest BCUT2D eigenvalue weighted by molar-refractivity contribution is 6.17. The van der Waals surface area contributed by atoms with Crippen molar-refractivity contribution in [3.63, 3.8) is 0 Å². The van der Waals surface area contributed by atoms with E-state index >= 15 is 0 Å². The Kier molecular flexibility index (Phi) is 5.85. The molecule has 160 valence electrons. The number of anilines is 1. The van der Waals surface area contributed by atoms with Crippen molar-refractivity contribution in [1.29, 1.82) is 0 Å². The van der Waals surface area contributed by atoms with Gasteiger partial charge in [0, 0.05) is 23.0 Å². The molecule has 32 heavy (non-hydrogen) atoms. The van der Waals surface area contributed by atoms with E-state index in [1.807, 2.05) is 42.8 Å². The molecular formula is C26H23N3O3. The topological polar surface area (TPSA) is 73.2 Å². The zero-order valence-corrected chi connectivity index (χ0v) is 18.1. The average molecular weight is 425 g/mol. The molecule has 0 aliphatic carbocycles. The third-order valence-electron chi connectivity index (χ3n) is 5.16. The van der Waals surface area contributed by atoms with E-state index < -0.39 is 0 Å². The molecule has 0 spiro atoms. The molecule has 1 amide bonds. The molecule has 1 aromatic heterocycles. The molecule has 4 aromatic rings. The number of amides is 1. The molecule has 0 saturated carbocycles. The first kappa shape index (κ1) is 21.1. The van der Waals surface area contributed by atoms with Crippen LogP contribution in [0.25, 0.3) is 5.69 Å². The molecule has 3 aromatic carbocycles. The van der Waals surface area contributed by atoms with Crippen molar-refractivity contribution < 1.29 is 14.3 Å². The normalized spacial score (nSPS) is 10.6. The van der Waals surface area contributed by atoms with E-state index in [4.69, 9.17) is 4.74 Å². The van der Waals surface area contributed by atoms with Crippen molar-refractivity contribution in [1.82, 2.24) is 9.55 Å². The number of ether oxygens (including phenoxy) is 1. The number of nitrogens with one attached hydrogen (secondary N) is 1. The fourth-order valence-electron chi connectivity index (χ4n) is 3.46. The molecule has 0 saturated heterocycles. The summed E-state index contributed by atoms with van der Waals surface area (Å²) in [5.74, 6) is 0.0920. The third-order valence-corrected chi connectivity index (χ3v) is 5.16. The van der Waals surface area contributed by atoms with Crippen LogP contribution in [-0.2, 0) is 0 Å². The zero-order chi connectivity index (χ0) is 22.7. The van der Waals surface area contributed by atoms with E-state index in [0.29, 0.717) is 28.1 Å². The highest BCUT2D eigenvalue weighted by Crippen LogP contribution is 2.27. The van der Waals surface area contributed by atoms with Gasteiger partial charge in [0.25, 0.3) is 5.91 Å². The maximum Gasteiger partial charge on any atom is 0.256 e. The van der Waals surface area contributed by atoms with Gasteiger partial charge in [-0.3, -0.25) is 9.59 Å². The Morgan fingerprint density at radius 3 is 2.31 bits per heavy atom. The van der Waals surface area contributed by atoms with Gasteiger partial charge in [-0.25, -0.2) is 4.98 Å². The standard InChI is InChI=1S/C26H23N3O3/c1-17-8-10-19(11-9-17)25(30)21-6-4-5-7-22(21)26(31)28-20-12-13-24(32-3)23(14-20)29-15-18(2)27-16-29/h4-16H,1-3H3,(H,28,31). The van der Waals surface area contributed by atoms with Crippen LogP contribution in [0.4, 0.5) is 5.69 Å². The highest BCUT2D eigenvalue weighted by atomic mass is 16.5. The number of imidazole rings is 1. The Bertz CT molecular complexity index is 1290. The van der Waals surface area contributed by atoms with Gasteiger partial charge < -0.3 is 14.6 Å². The molecule has 6 nitrogen and oxygen atoms in total. The van der Waals surface area contributed by atoms with E-state index in [-0.39, 0.29) is 11.7 Å². The Hall–Kier alpha value is -4.19. The van der Waals surface area contributed by atoms with Crippen LogP contribution in [0.15, 0.2) is 79.3 Å². The summed E-state index contributed by atoms with van der Waals surface area (Å²) in [6, 6.07) is 19.5. The molecule has 0 unspecified atom stereocenters.